The van der Waals surface area contributed by atoms with E-state index in [4.69, 9.17) is 10.6 Å². The van der Waals surface area contributed by atoms with Crippen LogP contribution in [-0.2, 0) is 0 Å². The van der Waals surface area contributed by atoms with Gasteiger partial charge < -0.3 is 4.74 Å². The zero-order valence-corrected chi connectivity index (χ0v) is 8.58. The molecule has 1 unspecified atom stereocenters. The molecule has 0 bridgehead atoms. The van der Waals surface area contributed by atoms with E-state index in [1.807, 2.05) is 0 Å². The number of hydrazine groups is 1. The Morgan fingerprint density at radius 3 is 2.88 bits per heavy atom. The van der Waals surface area contributed by atoms with Crippen LogP contribution >= 0.6 is 0 Å². The number of nitrogens with one attached hydrogen (secondary N) is 2. The molecule has 2 rings (SSSR count). The number of rotatable bonds is 4. The van der Waals surface area contributed by atoms with Crippen LogP contribution in [0.3, 0.4) is 0 Å². The van der Waals surface area contributed by atoms with Gasteiger partial charge in [-0.05, 0) is 0 Å². The van der Waals surface area contributed by atoms with E-state index in [1.54, 1.807) is 18.6 Å². The molecule has 4 N–H and O–H groups in total. The molecular formula is C8H11N7O. The summed E-state index contributed by atoms with van der Waals surface area (Å²) >= 11 is 0. The molecule has 0 aliphatic rings. The van der Waals surface area contributed by atoms with Crippen molar-refractivity contribution in [2.45, 2.75) is 6.04 Å². The Labute approximate surface area is 91.2 Å². The Morgan fingerprint density at radius 2 is 2.25 bits per heavy atom. The Kier molecular flexibility index (Phi) is 3.03. The van der Waals surface area contributed by atoms with Gasteiger partial charge in [-0.25, -0.2) is 10.4 Å². The Hall–Kier alpha value is -2.06. The zero-order valence-electron chi connectivity index (χ0n) is 8.58. The number of aromatic amines is 1. The van der Waals surface area contributed by atoms with Gasteiger partial charge in [-0.1, -0.05) is 0 Å². The lowest BCUT2D eigenvalue weighted by Gasteiger charge is -2.14. The molecule has 84 valence electrons. The van der Waals surface area contributed by atoms with Gasteiger partial charge in [0.1, 0.15) is 17.4 Å². The van der Waals surface area contributed by atoms with Gasteiger partial charge in [-0.15, -0.1) is 0 Å². The number of ether oxygens (including phenoxy) is 1. The van der Waals surface area contributed by atoms with Crippen molar-refractivity contribution in [2.75, 3.05) is 7.11 Å². The van der Waals surface area contributed by atoms with Gasteiger partial charge in [0.05, 0.1) is 13.3 Å². The van der Waals surface area contributed by atoms with E-state index in [-0.39, 0.29) is 0 Å². The van der Waals surface area contributed by atoms with Crippen molar-refractivity contribution in [1.82, 2.24) is 30.8 Å². The first kappa shape index (κ1) is 10.5. The Morgan fingerprint density at radius 1 is 1.44 bits per heavy atom. The molecule has 8 heteroatoms. The molecule has 0 aromatic carbocycles. The van der Waals surface area contributed by atoms with Crippen molar-refractivity contribution in [2.24, 2.45) is 5.84 Å². The van der Waals surface area contributed by atoms with Gasteiger partial charge in [0, 0.05) is 12.4 Å². The number of hydrogen-bond donors (Lipinski definition) is 3. The van der Waals surface area contributed by atoms with Crippen molar-refractivity contribution in [3.05, 3.63) is 30.0 Å². The highest BCUT2D eigenvalue weighted by Crippen LogP contribution is 2.23. The fourth-order valence-electron chi connectivity index (χ4n) is 1.35. The monoisotopic (exact) mass is 221 g/mol. The fourth-order valence-corrected chi connectivity index (χ4v) is 1.35. The van der Waals surface area contributed by atoms with Crippen LogP contribution in [0, 0.1) is 0 Å². The summed E-state index contributed by atoms with van der Waals surface area (Å²) < 4.78 is 5.10. The quantitative estimate of drug-likeness (QED) is 0.455. The van der Waals surface area contributed by atoms with Crippen LogP contribution in [-0.4, -0.2) is 32.5 Å². The van der Waals surface area contributed by atoms with E-state index in [9.17, 15) is 0 Å². The molecule has 2 heterocycles. The third kappa shape index (κ3) is 1.83. The Balaban J connectivity index is 2.41. The van der Waals surface area contributed by atoms with Crippen molar-refractivity contribution < 1.29 is 4.74 Å². The number of nitrogens with zero attached hydrogens (tertiary/aromatic N) is 4. The van der Waals surface area contributed by atoms with E-state index in [2.05, 4.69) is 30.8 Å². The molecule has 0 spiro atoms. The van der Waals surface area contributed by atoms with Crippen molar-refractivity contribution in [3.8, 4) is 5.88 Å². The SMILES string of the molecule is COc1nccnc1C(NN)c1cn[nH]n1. The molecule has 0 aliphatic heterocycles. The summed E-state index contributed by atoms with van der Waals surface area (Å²) in [5, 5.41) is 10.2. The second kappa shape index (κ2) is 4.64. The molecular weight excluding hydrogens is 210 g/mol. The highest BCUT2D eigenvalue weighted by atomic mass is 16.5. The van der Waals surface area contributed by atoms with E-state index in [0.717, 1.165) is 0 Å². The molecule has 0 aliphatic carbocycles. The summed E-state index contributed by atoms with van der Waals surface area (Å²) in [6.45, 7) is 0. The Bertz CT molecular complexity index is 443. The average molecular weight is 221 g/mol. The summed E-state index contributed by atoms with van der Waals surface area (Å²) in [6.07, 6.45) is 4.65. The maximum atomic E-state index is 5.46. The third-order valence-corrected chi connectivity index (χ3v) is 2.05. The van der Waals surface area contributed by atoms with Gasteiger partial charge in [0.25, 0.3) is 0 Å². The van der Waals surface area contributed by atoms with E-state index < -0.39 is 6.04 Å². The van der Waals surface area contributed by atoms with Crippen LogP contribution < -0.4 is 16.0 Å². The molecule has 8 nitrogen and oxygen atoms in total. The maximum Gasteiger partial charge on any atom is 0.237 e. The lowest BCUT2D eigenvalue weighted by Crippen LogP contribution is -2.30. The zero-order chi connectivity index (χ0) is 11.4. The van der Waals surface area contributed by atoms with Gasteiger partial charge in [-0.3, -0.25) is 10.8 Å². The van der Waals surface area contributed by atoms with Crippen LogP contribution in [0.1, 0.15) is 17.4 Å². The van der Waals surface area contributed by atoms with Gasteiger partial charge in [0.15, 0.2) is 0 Å². The van der Waals surface area contributed by atoms with Crippen molar-refractivity contribution >= 4 is 0 Å². The minimum Gasteiger partial charge on any atom is -0.480 e. The first-order valence-corrected chi connectivity index (χ1v) is 4.53. The van der Waals surface area contributed by atoms with E-state index >= 15 is 0 Å². The molecule has 0 saturated heterocycles. The molecule has 16 heavy (non-hydrogen) atoms. The highest BCUT2D eigenvalue weighted by Gasteiger charge is 2.21. The third-order valence-electron chi connectivity index (χ3n) is 2.05. The topological polar surface area (TPSA) is 115 Å². The number of hydrogen-bond acceptors (Lipinski definition) is 7. The average Bonchev–Trinajstić information content (AvgIpc) is 2.84. The molecule has 2 aromatic rings. The fraction of sp³-hybridized carbons (Fsp3) is 0.250. The predicted octanol–water partition coefficient (Wildman–Crippen LogP) is -0.844. The van der Waals surface area contributed by atoms with Crippen LogP contribution in [0.25, 0.3) is 0 Å². The second-order valence-corrected chi connectivity index (χ2v) is 2.95. The number of aromatic nitrogens is 5. The molecule has 0 radical (unpaired) electrons. The summed E-state index contributed by atoms with van der Waals surface area (Å²) in [5.74, 6) is 5.86. The van der Waals surface area contributed by atoms with Crippen LogP contribution in [0.4, 0.5) is 0 Å². The minimum absolute atomic E-state index is 0.397. The summed E-state index contributed by atoms with van der Waals surface area (Å²) in [6, 6.07) is -0.414. The highest BCUT2D eigenvalue weighted by molar-refractivity contribution is 5.27. The molecule has 2 aromatic heterocycles. The first-order chi connectivity index (χ1) is 7.86. The van der Waals surface area contributed by atoms with Crippen molar-refractivity contribution in [3.63, 3.8) is 0 Å². The van der Waals surface area contributed by atoms with Gasteiger partial charge in [0.2, 0.25) is 5.88 Å². The van der Waals surface area contributed by atoms with E-state index in [0.29, 0.717) is 17.3 Å². The maximum absolute atomic E-state index is 5.46. The van der Waals surface area contributed by atoms with Crippen LogP contribution in [0.5, 0.6) is 5.88 Å². The van der Waals surface area contributed by atoms with Crippen LogP contribution in [0.15, 0.2) is 18.6 Å². The standard InChI is InChI=1S/C8H11N7O/c1-16-8-7(10-2-3-11-8)6(13-9)5-4-12-15-14-5/h2-4,6,13H,9H2,1H3,(H,12,14,15). The second-order valence-electron chi connectivity index (χ2n) is 2.95. The summed E-state index contributed by atoms with van der Waals surface area (Å²) in [5.41, 5.74) is 3.76. The number of methoxy groups -OCH3 is 1. The van der Waals surface area contributed by atoms with E-state index in [1.165, 1.54) is 7.11 Å². The lowest BCUT2D eigenvalue weighted by atomic mass is 10.1. The van der Waals surface area contributed by atoms with Crippen molar-refractivity contribution in [1.29, 1.82) is 0 Å². The van der Waals surface area contributed by atoms with Crippen LogP contribution in [0.2, 0.25) is 0 Å². The summed E-state index contributed by atoms with van der Waals surface area (Å²) in [4.78, 5) is 8.20. The number of nitrogens with two attached hydrogens (primary N) is 1. The lowest BCUT2D eigenvalue weighted by molar-refractivity contribution is 0.382. The molecule has 1 atom stereocenters. The predicted molar refractivity (Wildman–Crippen MR) is 54.1 cm³/mol. The minimum atomic E-state index is -0.414. The summed E-state index contributed by atoms with van der Waals surface area (Å²) in [7, 11) is 1.52. The molecule has 0 saturated carbocycles. The molecule has 0 amide bonds. The van der Waals surface area contributed by atoms with Gasteiger partial charge >= 0.3 is 0 Å². The number of H-pyrrole nitrogens is 1. The first-order valence-electron chi connectivity index (χ1n) is 4.53. The van der Waals surface area contributed by atoms with Gasteiger partial charge in [-0.2, -0.15) is 15.4 Å². The normalized spacial score (nSPS) is 12.4. The largest absolute Gasteiger partial charge is 0.480 e. The molecule has 0 fully saturated rings. The smallest absolute Gasteiger partial charge is 0.237 e.